The van der Waals surface area contributed by atoms with Crippen LogP contribution < -0.4 is 5.73 Å². The van der Waals surface area contributed by atoms with Crippen molar-refractivity contribution >= 4 is 18.3 Å². The first-order valence-corrected chi connectivity index (χ1v) is 7.78. The second-order valence-electron chi connectivity index (χ2n) is 5.85. The van der Waals surface area contributed by atoms with Gasteiger partial charge in [0, 0.05) is 12.6 Å². The third-order valence-corrected chi connectivity index (χ3v) is 4.15. The van der Waals surface area contributed by atoms with Crippen LogP contribution in [0.5, 0.6) is 0 Å². The van der Waals surface area contributed by atoms with Crippen molar-refractivity contribution in [2.75, 3.05) is 6.54 Å². The minimum atomic E-state index is -0.371. The lowest BCUT2D eigenvalue weighted by Gasteiger charge is -2.37. The lowest BCUT2D eigenvalue weighted by Crippen LogP contribution is -2.49. The van der Waals surface area contributed by atoms with Crippen molar-refractivity contribution in [1.29, 1.82) is 0 Å². The van der Waals surface area contributed by atoms with E-state index >= 15 is 0 Å². The first-order valence-electron chi connectivity index (χ1n) is 7.78. The molecule has 1 heterocycles. The molecule has 4 heteroatoms. The number of halogens is 1. The van der Waals surface area contributed by atoms with Gasteiger partial charge in [0.15, 0.2) is 0 Å². The van der Waals surface area contributed by atoms with Crippen molar-refractivity contribution < 1.29 is 4.79 Å². The van der Waals surface area contributed by atoms with Gasteiger partial charge < -0.3 is 10.6 Å². The van der Waals surface area contributed by atoms with Crippen molar-refractivity contribution in [2.45, 2.75) is 57.5 Å². The Bertz CT molecular complexity index is 422. The SMILES string of the molecule is CC(N)C(=O)N1CCCCC1CCCc1ccccc1.Cl. The van der Waals surface area contributed by atoms with Crippen LogP contribution in [-0.4, -0.2) is 29.4 Å². The van der Waals surface area contributed by atoms with Gasteiger partial charge in [-0.15, -0.1) is 12.4 Å². The standard InChI is InChI=1S/C17H26N2O.ClH/c1-14(18)17(20)19-13-6-5-11-16(19)12-7-10-15-8-3-2-4-9-15;/h2-4,8-9,14,16H,5-7,10-13,18H2,1H3;1H. The van der Waals surface area contributed by atoms with Crippen LogP contribution in [0.1, 0.15) is 44.6 Å². The number of benzene rings is 1. The molecule has 21 heavy (non-hydrogen) atoms. The average molecular weight is 311 g/mol. The summed E-state index contributed by atoms with van der Waals surface area (Å²) in [6.07, 6.45) is 6.81. The summed E-state index contributed by atoms with van der Waals surface area (Å²) in [6, 6.07) is 10.6. The summed E-state index contributed by atoms with van der Waals surface area (Å²) in [4.78, 5) is 14.2. The zero-order chi connectivity index (χ0) is 14.4. The number of likely N-dealkylation sites (tertiary alicyclic amines) is 1. The van der Waals surface area contributed by atoms with Crippen molar-refractivity contribution in [3.63, 3.8) is 0 Å². The largest absolute Gasteiger partial charge is 0.338 e. The van der Waals surface area contributed by atoms with Crippen molar-refractivity contribution in [3.8, 4) is 0 Å². The zero-order valence-corrected chi connectivity index (χ0v) is 13.6. The average Bonchev–Trinajstić information content (AvgIpc) is 2.48. The minimum absolute atomic E-state index is 0. The van der Waals surface area contributed by atoms with Gasteiger partial charge in [0.2, 0.25) is 5.91 Å². The number of carbonyl (C=O) groups is 1. The van der Waals surface area contributed by atoms with Crippen LogP contribution in [0, 0.1) is 0 Å². The highest BCUT2D eigenvalue weighted by atomic mass is 35.5. The van der Waals surface area contributed by atoms with Gasteiger partial charge in [-0.05, 0) is 51.0 Å². The lowest BCUT2D eigenvalue weighted by atomic mass is 9.95. The number of piperidine rings is 1. The Labute approximate surface area is 134 Å². The van der Waals surface area contributed by atoms with Gasteiger partial charge in [-0.25, -0.2) is 0 Å². The van der Waals surface area contributed by atoms with Gasteiger partial charge in [0.05, 0.1) is 6.04 Å². The summed E-state index contributed by atoms with van der Waals surface area (Å²) in [7, 11) is 0. The van der Waals surface area contributed by atoms with Gasteiger partial charge in [-0.2, -0.15) is 0 Å². The molecular weight excluding hydrogens is 284 g/mol. The number of nitrogens with zero attached hydrogens (tertiary/aromatic N) is 1. The van der Waals surface area contributed by atoms with Crippen molar-refractivity contribution in [1.82, 2.24) is 4.90 Å². The maximum absolute atomic E-state index is 12.1. The number of hydrogen-bond donors (Lipinski definition) is 1. The van der Waals surface area contributed by atoms with Crippen molar-refractivity contribution in [2.24, 2.45) is 5.73 Å². The molecule has 1 amide bonds. The molecule has 1 aromatic carbocycles. The van der Waals surface area contributed by atoms with E-state index in [4.69, 9.17) is 5.73 Å². The topological polar surface area (TPSA) is 46.3 Å². The molecule has 2 N–H and O–H groups in total. The van der Waals surface area contributed by atoms with Crippen molar-refractivity contribution in [3.05, 3.63) is 35.9 Å². The monoisotopic (exact) mass is 310 g/mol. The van der Waals surface area contributed by atoms with Crippen LogP contribution >= 0.6 is 12.4 Å². The Kier molecular flexibility index (Phi) is 7.76. The van der Waals surface area contributed by atoms with E-state index in [2.05, 4.69) is 24.3 Å². The van der Waals surface area contributed by atoms with E-state index in [0.717, 1.165) is 38.6 Å². The molecular formula is C17H27ClN2O. The molecule has 1 aliphatic heterocycles. The summed E-state index contributed by atoms with van der Waals surface area (Å²) < 4.78 is 0. The smallest absolute Gasteiger partial charge is 0.239 e. The predicted molar refractivity (Wildman–Crippen MR) is 89.6 cm³/mol. The highest BCUT2D eigenvalue weighted by Gasteiger charge is 2.27. The summed E-state index contributed by atoms with van der Waals surface area (Å²) in [6.45, 7) is 2.67. The van der Waals surface area contributed by atoms with Gasteiger partial charge in [0.1, 0.15) is 0 Å². The number of nitrogens with two attached hydrogens (primary N) is 1. The molecule has 1 fully saturated rings. The van der Waals surface area contributed by atoms with E-state index in [9.17, 15) is 4.79 Å². The predicted octanol–water partition coefficient (Wildman–Crippen LogP) is 3.16. The van der Waals surface area contributed by atoms with Crippen LogP contribution in [0.2, 0.25) is 0 Å². The highest BCUT2D eigenvalue weighted by Crippen LogP contribution is 2.22. The van der Waals surface area contributed by atoms with Crippen LogP contribution in [0.3, 0.4) is 0 Å². The molecule has 118 valence electrons. The Morgan fingerprint density at radius 2 is 2.05 bits per heavy atom. The summed E-state index contributed by atoms with van der Waals surface area (Å²) in [5.41, 5.74) is 7.14. The van der Waals surface area contributed by atoms with E-state index in [1.54, 1.807) is 6.92 Å². The van der Waals surface area contributed by atoms with Gasteiger partial charge >= 0.3 is 0 Å². The molecule has 3 nitrogen and oxygen atoms in total. The van der Waals surface area contributed by atoms with E-state index < -0.39 is 0 Å². The van der Waals surface area contributed by atoms with Gasteiger partial charge in [0.25, 0.3) is 0 Å². The number of amides is 1. The fraction of sp³-hybridized carbons (Fsp3) is 0.588. The van der Waals surface area contributed by atoms with Crippen LogP contribution in [0.15, 0.2) is 30.3 Å². The Balaban J connectivity index is 0.00000220. The normalized spacial score (nSPS) is 19.7. The summed E-state index contributed by atoms with van der Waals surface area (Å²) in [5, 5.41) is 0. The van der Waals surface area contributed by atoms with Crippen LogP contribution in [0.4, 0.5) is 0 Å². The molecule has 1 aliphatic rings. The first kappa shape index (κ1) is 18.0. The molecule has 0 spiro atoms. The zero-order valence-electron chi connectivity index (χ0n) is 12.8. The molecule has 0 aliphatic carbocycles. The second-order valence-corrected chi connectivity index (χ2v) is 5.85. The molecule has 2 atom stereocenters. The van der Waals surface area contributed by atoms with Crippen LogP contribution in [0.25, 0.3) is 0 Å². The van der Waals surface area contributed by atoms with E-state index in [-0.39, 0.29) is 24.4 Å². The molecule has 0 bridgehead atoms. The Morgan fingerprint density at radius 1 is 1.33 bits per heavy atom. The number of hydrogen-bond acceptors (Lipinski definition) is 2. The highest BCUT2D eigenvalue weighted by molar-refractivity contribution is 5.85. The fourth-order valence-corrected chi connectivity index (χ4v) is 3.04. The third kappa shape index (κ3) is 5.33. The van der Waals surface area contributed by atoms with E-state index in [1.807, 2.05) is 11.0 Å². The molecule has 2 rings (SSSR count). The fourth-order valence-electron chi connectivity index (χ4n) is 3.04. The van der Waals surface area contributed by atoms with E-state index in [0.29, 0.717) is 6.04 Å². The number of carbonyl (C=O) groups excluding carboxylic acids is 1. The molecule has 2 unspecified atom stereocenters. The second kappa shape index (κ2) is 9.06. The number of aryl methyl sites for hydroxylation is 1. The number of rotatable bonds is 5. The summed E-state index contributed by atoms with van der Waals surface area (Å²) in [5.74, 6) is 0.120. The molecule has 1 aromatic rings. The maximum Gasteiger partial charge on any atom is 0.239 e. The maximum atomic E-state index is 12.1. The molecule has 0 aromatic heterocycles. The first-order chi connectivity index (χ1) is 9.68. The Morgan fingerprint density at radius 3 is 2.71 bits per heavy atom. The van der Waals surface area contributed by atoms with Gasteiger partial charge in [-0.3, -0.25) is 4.79 Å². The summed E-state index contributed by atoms with van der Waals surface area (Å²) >= 11 is 0. The molecule has 1 saturated heterocycles. The van der Waals surface area contributed by atoms with E-state index in [1.165, 1.54) is 12.0 Å². The quantitative estimate of drug-likeness (QED) is 0.908. The lowest BCUT2D eigenvalue weighted by molar-refractivity contribution is -0.136. The molecule has 0 radical (unpaired) electrons. The van der Waals surface area contributed by atoms with Gasteiger partial charge in [-0.1, -0.05) is 30.3 Å². The molecule has 0 saturated carbocycles. The minimum Gasteiger partial charge on any atom is -0.338 e. The Hall–Kier alpha value is -1.06. The van der Waals surface area contributed by atoms with Crippen LogP contribution in [-0.2, 0) is 11.2 Å². The third-order valence-electron chi connectivity index (χ3n) is 4.15.